The minimum absolute atomic E-state index is 0.658. The summed E-state index contributed by atoms with van der Waals surface area (Å²) >= 11 is 6.00. The average molecular weight is 295 g/mol. The fourth-order valence-corrected chi connectivity index (χ4v) is 3.30. The Labute approximate surface area is 128 Å². The van der Waals surface area contributed by atoms with Crippen LogP contribution in [-0.4, -0.2) is 30.6 Å². The molecule has 1 fully saturated rings. The number of hydrogen-bond donors (Lipinski definition) is 1. The quantitative estimate of drug-likeness (QED) is 0.857. The molecule has 0 radical (unpaired) electrons. The molecule has 1 aliphatic rings. The van der Waals surface area contributed by atoms with Crippen molar-refractivity contribution in [2.24, 2.45) is 5.92 Å². The Bertz CT molecular complexity index is 425. The predicted molar refractivity (Wildman–Crippen MR) is 87.3 cm³/mol. The van der Waals surface area contributed by atoms with Gasteiger partial charge in [-0.15, -0.1) is 0 Å². The van der Waals surface area contributed by atoms with E-state index < -0.39 is 0 Å². The van der Waals surface area contributed by atoms with E-state index in [1.165, 1.54) is 37.1 Å². The third-order valence-electron chi connectivity index (χ3n) is 4.35. The van der Waals surface area contributed by atoms with E-state index in [1.54, 1.807) is 0 Å². The van der Waals surface area contributed by atoms with Crippen molar-refractivity contribution in [1.29, 1.82) is 0 Å². The molecule has 0 bridgehead atoms. The van der Waals surface area contributed by atoms with Gasteiger partial charge in [0, 0.05) is 24.2 Å². The Morgan fingerprint density at radius 1 is 1.25 bits per heavy atom. The minimum Gasteiger partial charge on any atom is -0.311 e. The topological polar surface area (TPSA) is 15.3 Å². The van der Waals surface area contributed by atoms with Crippen LogP contribution < -0.4 is 5.32 Å². The maximum atomic E-state index is 6.00. The SMILES string of the molecule is Cc1cc(Cl)ccc1CNCC(C(C)C)N1CCCC1. The van der Waals surface area contributed by atoms with Gasteiger partial charge in [-0.2, -0.15) is 0 Å². The Balaban J connectivity index is 1.86. The molecule has 2 rings (SSSR count). The molecule has 1 atom stereocenters. The summed E-state index contributed by atoms with van der Waals surface area (Å²) in [6, 6.07) is 6.81. The van der Waals surface area contributed by atoms with E-state index in [0.717, 1.165) is 18.1 Å². The van der Waals surface area contributed by atoms with Crippen molar-refractivity contribution in [3.63, 3.8) is 0 Å². The van der Waals surface area contributed by atoms with E-state index >= 15 is 0 Å². The van der Waals surface area contributed by atoms with Gasteiger partial charge in [0.1, 0.15) is 0 Å². The Morgan fingerprint density at radius 2 is 1.95 bits per heavy atom. The van der Waals surface area contributed by atoms with Crippen LogP contribution >= 0.6 is 11.6 Å². The summed E-state index contributed by atoms with van der Waals surface area (Å²) in [5.41, 5.74) is 2.62. The lowest BCUT2D eigenvalue weighted by Gasteiger charge is -2.31. The summed E-state index contributed by atoms with van der Waals surface area (Å²) in [7, 11) is 0. The van der Waals surface area contributed by atoms with E-state index in [1.807, 2.05) is 12.1 Å². The number of nitrogens with one attached hydrogen (secondary N) is 1. The van der Waals surface area contributed by atoms with Crippen LogP contribution in [0.5, 0.6) is 0 Å². The minimum atomic E-state index is 0.658. The number of halogens is 1. The Morgan fingerprint density at radius 3 is 2.55 bits per heavy atom. The van der Waals surface area contributed by atoms with Crippen LogP contribution in [-0.2, 0) is 6.54 Å². The lowest BCUT2D eigenvalue weighted by atomic mass is 10.0. The van der Waals surface area contributed by atoms with Crippen molar-refractivity contribution < 1.29 is 0 Å². The van der Waals surface area contributed by atoms with Crippen molar-refractivity contribution in [2.45, 2.75) is 46.2 Å². The van der Waals surface area contributed by atoms with E-state index in [2.05, 4.69) is 37.1 Å². The summed E-state index contributed by atoms with van der Waals surface area (Å²) in [5, 5.41) is 4.46. The molecule has 1 unspecified atom stereocenters. The summed E-state index contributed by atoms with van der Waals surface area (Å²) in [6.07, 6.45) is 2.72. The van der Waals surface area contributed by atoms with Gasteiger partial charge in [0.05, 0.1) is 0 Å². The molecule has 3 heteroatoms. The molecule has 2 nitrogen and oxygen atoms in total. The van der Waals surface area contributed by atoms with Crippen LogP contribution in [0.25, 0.3) is 0 Å². The zero-order chi connectivity index (χ0) is 14.5. The summed E-state index contributed by atoms with van der Waals surface area (Å²) in [4.78, 5) is 2.65. The van der Waals surface area contributed by atoms with E-state index in [0.29, 0.717) is 12.0 Å². The molecule has 0 saturated carbocycles. The molecule has 0 amide bonds. The Kier molecular flexibility index (Phi) is 5.88. The first kappa shape index (κ1) is 15.8. The monoisotopic (exact) mass is 294 g/mol. The second kappa shape index (κ2) is 7.44. The van der Waals surface area contributed by atoms with Gasteiger partial charge >= 0.3 is 0 Å². The van der Waals surface area contributed by atoms with Crippen LogP contribution in [0.15, 0.2) is 18.2 Å². The van der Waals surface area contributed by atoms with Crippen molar-refractivity contribution in [2.75, 3.05) is 19.6 Å². The van der Waals surface area contributed by atoms with Gasteiger partial charge in [-0.05, 0) is 62.0 Å². The molecule has 1 aliphatic heterocycles. The molecule has 1 N–H and O–H groups in total. The second-order valence-corrected chi connectivity index (χ2v) is 6.69. The van der Waals surface area contributed by atoms with Gasteiger partial charge in [-0.25, -0.2) is 0 Å². The van der Waals surface area contributed by atoms with E-state index in [4.69, 9.17) is 11.6 Å². The number of hydrogen-bond acceptors (Lipinski definition) is 2. The average Bonchev–Trinajstić information content (AvgIpc) is 2.90. The van der Waals surface area contributed by atoms with Crippen LogP contribution in [0.3, 0.4) is 0 Å². The van der Waals surface area contributed by atoms with Crippen LogP contribution in [0, 0.1) is 12.8 Å². The maximum absolute atomic E-state index is 6.00. The lowest BCUT2D eigenvalue weighted by Crippen LogP contribution is -2.44. The molecule has 20 heavy (non-hydrogen) atoms. The van der Waals surface area contributed by atoms with Crippen molar-refractivity contribution in [3.05, 3.63) is 34.3 Å². The molecular weight excluding hydrogens is 268 g/mol. The summed E-state index contributed by atoms with van der Waals surface area (Å²) in [5.74, 6) is 0.701. The number of aryl methyl sites for hydroxylation is 1. The molecule has 0 spiro atoms. The molecular formula is C17H27ClN2. The zero-order valence-electron chi connectivity index (χ0n) is 13.0. The highest BCUT2D eigenvalue weighted by molar-refractivity contribution is 6.30. The molecule has 1 heterocycles. The van der Waals surface area contributed by atoms with Gasteiger partial charge in [0.25, 0.3) is 0 Å². The number of rotatable bonds is 6. The largest absolute Gasteiger partial charge is 0.311 e. The summed E-state index contributed by atoms with van der Waals surface area (Å²) in [6.45, 7) is 11.3. The van der Waals surface area contributed by atoms with Gasteiger partial charge in [0.15, 0.2) is 0 Å². The molecule has 0 aromatic heterocycles. The maximum Gasteiger partial charge on any atom is 0.0408 e. The van der Waals surface area contributed by atoms with Gasteiger partial charge in [-0.3, -0.25) is 4.90 Å². The first-order valence-electron chi connectivity index (χ1n) is 7.77. The number of nitrogens with zero attached hydrogens (tertiary/aromatic N) is 1. The smallest absolute Gasteiger partial charge is 0.0408 e. The fourth-order valence-electron chi connectivity index (χ4n) is 3.07. The van der Waals surface area contributed by atoms with Crippen LogP contribution in [0.2, 0.25) is 5.02 Å². The number of benzene rings is 1. The van der Waals surface area contributed by atoms with Crippen LogP contribution in [0.4, 0.5) is 0 Å². The lowest BCUT2D eigenvalue weighted by molar-refractivity contribution is 0.186. The molecule has 1 aromatic rings. The van der Waals surface area contributed by atoms with Crippen molar-refractivity contribution >= 4 is 11.6 Å². The normalized spacial score (nSPS) is 17.9. The molecule has 0 aliphatic carbocycles. The van der Waals surface area contributed by atoms with Crippen molar-refractivity contribution in [3.8, 4) is 0 Å². The van der Waals surface area contributed by atoms with Gasteiger partial charge < -0.3 is 5.32 Å². The van der Waals surface area contributed by atoms with Crippen LogP contribution in [0.1, 0.15) is 37.8 Å². The summed E-state index contributed by atoms with van der Waals surface area (Å²) < 4.78 is 0. The second-order valence-electron chi connectivity index (χ2n) is 6.26. The zero-order valence-corrected chi connectivity index (χ0v) is 13.7. The van der Waals surface area contributed by atoms with Crippen molar-refractivity contribution in [1.82, 2.24) is 10.2 Å². The molecule has 112 valence electrons. The molecule has 1 saturated heterocycles. The highest BCUT2D eigenvalue weighted by Gasteiger charge is 2.23. The highest BCUT2D eigenvalue weighted by Crippen LogP contribution is 2.18. The highest BCUT2D eigenvalue weighted by atomic mass is 35.5. The van der Waals surface area contributed by atoms with Gasteiger partial charge in [-0.1, -0.05) is 31.5 Å². The predicted octanol–water partition coefficient (Wildman–Crippen LogP) is 3.86. The Hall–Kier alpha value is -0.570. The standard InChI is InChI=1S/C17H27ClN2/c1-13(2)17(20-8-4-5-9-20)12-19-11-15-6-7-16(18)10-14(15)3/h6-7,10,13,17,19H,4-5,8-9,11-12H2,1-3H3. The molecule has 1 aromatic carbocycles. The third kappa shape index (κ3) is 4.21. The third-order valence-corrected chi connectivity index (χ3v) is 4.59. The first-order chi connectivity index (χ1) is 9.58. The first-order valence-corrected chi connectivity index (χ1v) is 8.15. The number of likely N-dealkylation sites (tertiary alicyclic amines) is 1. The van der Waals surface area contributed by atoms with E-state index in [9.17, 15) is 0 Å². The fraction of sp³-hybridized carbons (Fsp3) is 0.647. The van der Waals surface area contributed by atoms with E-state index in [-0.39, 0.29) is 0 Å². The van der Waals surface area contributed by atoms with Gasteiger partial charge in [0.2, 0.25) is 0 Å².